The minimum Gasteiger partial charge on any atom is -0.352 e. The molecular weight excluding hydrogens is 362 g/mol. The summed E-state index contributed by atoms with van der Waals surface area (Å²) < 4.78 is 0. The molecule has 0 aromatic heterocycles. The average Bonchev–Trinajstić information content (AvgIpc) is 2.69. The van der Waals surface area contributed by atoms with Gasteiger partial charge in [0, 0.05) is 23.7 Å². The van der Waals surface area contributed by atoms with Crippen LogP contribution in [0.5, 0.6) is 0 Å². The van der Waals surface area contributed by atoms with Crippen molar-refractivity contribution < 1.29 is 9.59 Å². The number of anilines is 1. The summed E-state index contributed by atoms with van der Waals surface area (Å²) in [5.41, 5.74) is 1.32. The van der Waals surface area contributed by atoms with E-state index in [1.54, 1.807) is 12.1 Å². The zero-order chi connectivity index (χ0) is 18.2. The predicted molar refractivity (Wildman–Crippen MR) is 111 cm³/mol. The number of carbonyl (C=O) groups is 2. The van der Waals surface area contributed by atoms with Crippen LogP contribution >= 0.6 is 12.4 Å². The van der Waals surface area contributed by atoms with Crippen LogP contribution in [0, 0.1) is 11.8 Å². The number of hydrogen-bond donors (Lipinski definition) is 3. The number of benzene rings is 1. The normalized spacial score (nSPS) is 20.4. The molecule has 5 nitrogen and oxygen atoms in total. The van der Waals surface area contributed by atoms with Gasteiger partial charge in [0.05, 0.1) is 0 Å². The van der Waals surface area contributed by atoms with Gasteiger partial charge in [0.2, 0.25) is 5.91 Å². The summed E-state index contributed by atoms with van der Waals surface area (Å²) in [5.74, 6) is 0.796. The Morgan fingerprint density at radius 2 is 1.89 bits per heavy atom. The molecule has 2 aliphatic rings. The second-order valence-corrected chi connectivity index (χ2v) is 7.66. The van der Waals surface area contributed by atoms with E-state index in [4.69, 9.17) is 0 Å². The third-order valence-electron chi connectivity index (χ3n) is 5.61. The second kappa shape index (κ2) is 11.3. The Kier molecular flexibility index (Phi) is 9.08. The van der Waals surface area contributed by atoms with Gasteiger partial charge < -0.3 is 16.0 Å². The quantitative estimate of drug-likeness (QED) is 0.689. The van der Waals surface area contributed by atoms with Crippen molar-refractivity contribution >= 4 is 29.9 Å². The number of rotatable bonds is 6. The zero-order valence-corrected chi connectivity index (χ0v) is 16.8. The fraction of sp³-hybridized carbons (Fsp3) is 0.619. The highest BCUT2D eigenvalue weighted by atomic mass is 35.5. The Labute approximate surface area is 168 Å². The third-order valence-corrected chi connectivity index (χ3v) is 5.61. The maximum atomic E-state index is 12.4. The summed E-state index contributed by atoms with van der Waals surface area (Å²) in [6.45, 7) is 2.87. The summed E-state index contributed by atoms with van der Waals surface area (Å²) in [6, 6.07) is 7.26. The second-order valence-electron chi connectivity index (χ2n) is 7.66. The Bertz CT molecular complexity index is 611. The van der Waals surface area contributed by atoms with Gasteiger partial charge in [-0.3, -0.25) is 9.59 Å². The summed E-state index contributed by atoms with van der Waals surface area (Å²) in [5, 5.41) is 9.40. The van der Waals surface area contributed by atoms with Crippen molar-refractivity contribution in [3.05, 3.63) is 29.8 Å². The lowest BCUT2D eigenvalue weighted by molar-refractivity contribution is -0.120. The lowest BCUT2D eigenvalue weighted by Crippen LogP contribution is -2.33. The van der Waals surface area contributed by atoms with Crippen LogP contribution in [0.2, 0.25) is 0 Å². The molecule has 2 amide bonds. The first-order valence-corrected chi connectivity index (χ1v) is 10.1. The van der Waals surface area contributed by atoms with E-state index in [1.807, 2.05) is 12.1 Å². The van der Waals surface area contributed by atoms with Crippen molar-refractivity contribution in [1.82, 2.24) is 10.6 Å². The molecule has 1 atom stereocenters. The van der Waals surface area contributed by atoms with Gasteiger partial charge in [0.25, 0.3) is 5.91 Å². The third kappa shape index (κ3) is 6.82. The molecule has 2 fully saturated rings. The van der Waals surface area contributed by atoms with Crippen LogP contribution in [0.4, 0.5) is 5.69 Å². The Morgan fingerprint density at radius 3 is 2.63 bits per heavy atom. The number of hydrogen-bond acceptors (Lipinski definition) is 3. The first-order valence-electron chi connectivity index (χ1n) is 10.1. The van der Waals surface area contributed by atoms with E-state index in [9.17, 15) is 9.59 Å². The summed E-state index contributed by atoms with van der Waals surface area (Å²) in [7, 11) is 0. The van der Waals surface area contributed by atoms with Gasteiger partial charge in [-0.2, -0.15) is 0 Å². The molecule has 1 aromatic carbocycles. The molecule has 1 saturated carbocycles. The molecule has 3 N–H and O–H groups in total. The van der Waals surface area contributed by atoms with E-state index in [1.165, 1.54) is 19.3 Å². The van der Waals surface area contributed by atoms with Gasteiger partial charge in [-0.15, -0.1) is 12.4 Å². The number of piperidine rings is 1. The molecule has 1 aliphatic carbocycles. The first kappa shape index (κ1) is 21.7. The summed E-state index contributed by atoms with van der Waals surface area (Å²) in [4.78, 5) is 24.8. The Hall–Kier alpha value is -1.59. The van der Waals surface area contributed by atoms with Gasteiger partial charge in [-0.25, -0.2) is 0 Å². The van der Waals surface area contributed by atoms with Crippen LogP contribution in [0.25, 0.3) is 0 Å². The van der Waals surface area contributed by atoms with E-state index in [-0.39, 0.29) is 30.1 Å². The maximum Gasteiger partial charge on any atom is 0.251 e. The molecule has 1 heterocycles. The molecule has 6 heteroatoms. The van der Waals surface area contributed by atoms with Gasteiger partial charge in [-0.1, -0.05) is 25.3 Å². The van der Waals surface area contributed by atoms with Crippen molar-refractivity contribution in [3.8, 4) is 0 Å². The van der Waals surface area contributed by atoms with E-state index in [0.717, 1.165) is 45.2 Å². The van der Waals surface area contributed by atoms with Crippen LogP contribution in [0.3, 0.4) is 0 Å². The molecule has 0 spiro atoms. The number of halogens is 1. The molecule has 27 heavy (non-hydrogen) atoms. The minimum atomic E-state index is -0.0671. The van der Waals surface area contributed by atoms with Gasteiger partial charge >= 0.3 is 0 Å². The molecule has 3 rings (SSSR count). The van der Waals surface area contributed by atoms with Crippen LogP contribution in [0.1, 0.15) is 61.7 Å². The van der Waals surface area contributed by atoms with Gasteiger partial charge in [-0.05, 0) is 69.3 Å². The number of amides is 2. The fourth-order valence-corrected chi connectivity index (χ4v) is 4.01. The lowest BCUT2D eigenvalue weighted by atomic mass is 9.88. The largest absolute Gasteiger partial charge is 0.352 e. The fourth-order valence-electron chi connectivity index (χ4n) is 4.01. The first-order chi connectivity index (χ1) is 12.7. The van der Waals surface area contributed by atoms with Gasteiger partial charge in [0.15, 0.2) is 0 Å². The Morgan fingerprint density at radius 1 is 1.07 bits per heavy atom. The van der Waals surface area contributed by atoms with E-state index in [2.05, 4.69) is 16.0 Å². The van der Waals surface area contributed by atoms with E-state index in [0.29, 0.717) is 23.7 Å². The molecular formula is C21H32ClN3O2. The molecule has 1 unspecified atom stereocenters. The Balaban J connectivity index is 0.00000261. The number of carbonyl (C=O) groups excluding carboxylic acids is 2. The number of nitrogens with one attached hydrogen (secondary N) is 3. The van der Waals surface area contributed by atoms with Crippen molar-refractivity contribution in [1.29, 1.82) is 0 Å². The van der Waals surface area contributed by atoms with E-state index >= 15 is 0 Å². The van der Waals surface area contributed by atoms with Crippen LogP contribution < -0.4 is 16.0 Å². The van der Waals surface area contributed by atoms with E-state index < -0.39 is 0 Å². The highest BCUT2D eigenvalue weighted by Crippen LogP contribution is 2.25. The predicted octanol–water partition coefficient (Wildman–Crippen LogP) is 3.75. The van der Waals surface area contributed by atoms with Crippen molar-refractivity contribution in [3.63, 3.8) is 0 Å². The van der Waals surface area contributed by atoms with Crippen molar-refractivity contribution in [2.24, 2.45) is 11.8 Å². The SMILES string of the molecule is Cl.O=C(NCCC1CCCNC1)c1cccc(NC(=O)C2CCCCC2)c1. The zero-order valence-electron chi connectivity index (χ0n) is 16.0. The average molecular weight is 394 g/mol. The topological polar surface area (TPSA) is 70.2 Å². The molecule has 0 radical (unpaired) electrons. The standard InChI is InChI=1S/C21H31N3O2.ClH/c25-20(23-13-11-16-6-5-12-22-15-16)18-9-4-10-19(14-18)24-21(26)17-7-2-1-3-8-17;/h4,9-10,14,16-17,22H,1-3,5-8,11-13,15H2,(H,23,25)(H,24,26);1H. The summed E-state index contributed by atoms with van der Waals surface area (Å²) >= 11 is 0. The molecule has 1 saturated heterocycles. The van der Waals surface area contributed by atoms with Crippen LogP contribution in [0.15, 0.2) is 24.3 Å². The summed E-state index contributed by atoms with van der Waals surface area (Å²) in [6.07, 6.45) is 8.93. The smallest absolute Gasteiger partial charge is 0.251 e. The lowest BCUT2D eigenvalue weighted by Gasteiger charge is -2.22. The minimum absolute atomic E-state index is 0. The van der Waals surface area contributed by atoms with Crippen LogP contribution in [-0.4, -0.2) is 31.4 Å². The van der Waals surface area contributed by atoms with Gasteiger partial charge in [0.1, 0.15) is 0 Å². The van der Waals surface area contributed by atoms with Crippen molar-refractivity contribution in [2.45, 2.75) is 51.4 Å². The van der Waals surface area contributed by atoms with Crippen LogP contribution in [-0.2, 0) is 4.79 Å². The highest BCUT2D eigenvalue weighted by molar-refractivity contribution is 5.97. The highest BCUT2D eigenvalue weighted by Gasteiger charge is 2.21. The van der Waals surface area contributed by atoms with Crippen molar-refractivity contribution in [2.75, 3.05) is 25.0 Å². The monoisotopic (exact) mass is 393 g/mol. The molecule has 0 bridgehead atoms. The molecule has 1 aliphatic heterocycles. The maximum absolute atomic E-state index is 12.4. The molecule has 150 valence electrons. The molecule has 1 aromatic rings.